The summed E-state index contributed by atoms with van der Waals surface area (Å²) in [7, 11) is 0. The van der Waals surface area contributed by atoms with Gasteiger partial charge in [-0.3, -0.25) is 57.5 Å². The number of carboxylic acids is 5. The van der Waals surface area contributed by atoms with Crippen LogP contribution in [0.1, 0.15) is 91.9 Å². The molecular formula is C39H63N9O18S. The van der Waals surface area contributed by atoms with E-state index in [0.717, 1.165) is 0 Å². The Morgan fingerprint density at radius 2 is 0.851 bits per heavy atom. The van der Waals surface area contributed by atoms with Gasteiger partial charge in [-0.05, 0) is 55.9 Å². The van der Waals surface area contributed by atoms with E-state index in [0.29, 0.717) is 0 Å². The van der Waals surface area contributed by atoms with Gasteiger partial charge in [-0.25, -0.2) is 4.79 Å². The maximum atomic E-state index is 13.9. The average molecular weight is 978 g/mol. The highest BCUT2D eigenvalue weighted by Crippen LogP contribution is 2.12. The molecule has 8 amide bonds. The van der Waals surface area contributed by atoms with E-state index in [9.17, 15) is 77.6 Å². The Morgan fingerprint density at radius 1 is 0.463 bits per heavy atom. The normalized spacial score (nSPS) is 14.6. The third-order valence-electron chi connectivity index (χ3n) is 9.43. The van der Waals surface area contributed by atoms with Crippen LogP contribution in [0.3, 0.4) is 0 Å². The number of hydrogen-bond acceptors (Lipinski definition) is 15. The molecule has 0 fully saturated rings. The van der Waals surface area contributed by atoms with E-state index >= 15 is 0 Å². The molecule has 0 aliphatic carbocycles. The molecule has 16 N–H and O–H groups in total. The van der Waals surface area contributed by atoms with E-state index in [1.54, 1.807) is 39.3 Å². The summed E-state index contributed by atoms with van der Waals surface area (Å²) < 4.78 is 0. The van der Waals surface area contributed by atoms with Crippen molar-refractivity contribution >= 4 is 88.9 Å². The Morgan fingerprint density at radius 3 is 1.27 bits per heavy atom. The van der Waals surface area contributed by atoms with Gasteiger partial charge in [0.05, 0.1) is 18.9 Å². The zero-order chi connectivity index (χ0) is 51.7. The third kappa shape index (κ3) is 25.1. The second-order valence-corrected chi connectivity index (χ2v) is 17.0. The summed E-state index contributed by atoms with van der Waals surface area (Å²) in [5.41, 5.74) is 11.1. The van der Waals surface area contributed by atoms with Crippen LogP contribution < -0.4 is 48.7 Å². The van der Waals surface area contributed by atoms with Crippen molar-refractivity contribution in [3.63, 3.8) is 0 Å². The molecule has 0 heterocycles. The van der Waals surface area contributed by atoms with Gasteiger partial charge in [0.2, 0.25) is 47.3 Å². The van der Waals surface area contributed by atoms with Gasteiger partial charge in [-0.15, -0.1) is 0 Å². The number of primary amides is 1. The van der Waals surface area contributed by atoms with E-state index in [2.05, 4.69) is 26.6 Å². The van der Waals surface area contributed by atoms with E-state index in [4.69, 9.17) is 21.7 Å². The smallest absolute Gasteiger partial charge is 0.326 e. The SMILES string of the molecule is CSCC[C@H](NC(=O)[C@H](CCC(N)=O)NC(=O)[C@H](CC(C)C)NC(=O)[C@@H](NC(=O)[C@@H](N)CCC(=O)O)C(C)C)C(=O)N[C@@H](CCC(=O)O)C(=O)N[C@@H](CC(=O)O)C(=O)N[C@@H](CC(=O)O)C(=O)O. The van der Waals surface area contributed by atoms with E-state index < -0.39 is 176 Å². The maximum Gasteiger partial charge on any atom is 0.326 e. The Hall–Kier alpha value is -6.58. The zero-order valence-corrected chi connectivity index (χ0v) is 38.5. The zero-order valence-electron chi connectivity index (χ0n) is 37.7. The van der Waals surface area contributed by atoms with Gasteiger partial charge in [0.1, 0.15) is 42.3 Å². The van der Waals surface area contributed by atoms with Crippen molar-refractivity contribution < 1.29 is 87.9 Å². The molecule has 8 atom stereocenters. The second kappa shape index (κ2) is 30.6. The molecule has 0 bridgehead atoms. The Kier molecular flexibility index (Phi) is 27.6. The quantitative estimate of drug-likeness (QED) is 0.0294. The minimum absolute atomic E-state index is 0.0192. The molecular weight excluding hydrogens is 915 g/mol. The van der Waals surface area contributed by atoms with E-state index in [-0.39, 0.29) is 30.9 Å². The molecule has 0 aromatic carbocycles. The number of nitrogens with two attached hydrogens (primary N) is 2. The van der Waals surface area contributed by atoms with Gasteiger partial charge < -0.3 is 74.2 Å². The van der Waals surface area contributed by atoms with Crippen LogP contribution in [-0.4, -0.2) is 163 Å². The lowest BCUT2D eigenvalue weighted by Gasteiger charge is -2.29. The van der Waals surface area contributed by atoms with Gasteiger partial charge in [0.25, 0.3) is 0 Å². The van der Waals surface area contributed by atoms with Crippen LogP contribution in [-0.2, 0) is 62.3 Å². The summed E-state index contributed by atoms with van der Waals surface area (Å²) in [6.45, 7) is 6.59. The molecule has 0 aromatic heterocycles. The Labute approximate surface area is 388 Å². The molecule has 378 valence electrons. The Bertz CT molecular complexity index is 1820. The summed E-state index contributed by atoms with van der Waals surface area (Å²) in [6.07, 6.45) is -3.87. The third-order valence-corrected chi connectivity index (χ3v) is 10.1. The molecule has 27 nitrogen and oxygen atoms in total. The number of amides is 8. The van der Waals surface area contributed by atoms with Crippen molar-refractivity contribution in [3.05, 3.63) is 0 Å². The van der Waals surface area contributed by atoms with Gasteiger partial charge >= 0.3 is 29.8 Å². The topological polar surface area (TPSA) is 459 Å². The maximum absolute atomic E-state index is 13.9. The number of thioether (sulfide) groups is 1. The molecule has 0 aliphatic heterocycles. The fourth-order valence-corrected chi connectivity index (χ4v) is 6.36. The number of hydrogen-bond donors (Lipinski definition) is 14. The Balaban J connectivity index is 6.63. The molecule has 0 rings (SSSR count). The van der Waals surface area contributed by atoms with Crippen LogP contribution in [0.4, 0.5) is 0 Å². The fourth-order valence-electron chi connectivity index (χ4n) is 5.89. The van der Waals surface area contributed by atoms with Crippen molar-refractivity contribution in [1.82, 2.24) is 37.2 Å². The molecule has 0 radical (unpaired) electrons. The number of carbonyl (C=O) groups excluding carboxylic acids is 8. The van der Waals surface area contributed by atoms with Crippen molar-refractivity contribution in [2.45, 2.75) is 140 Å². The second-order valence-electron chi connectivity index (χ2n) is 16.0. The predicted molar refractivity (Wildman–Crippen MR) is 233 cm³/mol. The lowest BCUT2D eigenvalue weighted by Crippen LogP contribution is -2.60. The monoisotopic (exact) mass is 977 g/mol. The number of rotatable bonds is 34. The van der Waals surface area contributed by atoms with Gasteiger partial charge in [0, 0.05) is 19.3 Å². The highest BCUT2D eigenvalue weighted by molar-refractivity contribution is 7.98. The molecule has 0 saturated heterocycles. The first-order valence-electron chi connectivity index (χ1n) is 20.8. The van der Waals surface area contributed by atoms with E-state index in [1.807, 2.05) is 5.32 Å². The molecule has 67 heavy (non-hydrogen) atoms. The highest BCUT2D eigenvalue weighted by atomic mass is 32.2. The lowest BCUT2D eigenvalue weighted by molar-refractivity contribution is -0.148. The van der Waals surface area contributed by atoms with Crippen LogP contribution in [0.5, 0.6) is 0 Å². The fraction of sp³-hybridized carbons (Fsp3) is 0.667. The van der Waals surface area contributed by atoms with Gasteiger partial charge in [-0.2, -0.15) is 11.8 Å². The van der Waals surface area contributed by atoms with Crippen molar-refractivity contribution in [2.24, 2.45) is 23.3 Å². The highest BCUT2D eigenvalue weighted by Gasteiger charge is 2.36. The summed E-state index contributed by atoms with van der Waals surface area (Å²) >= 11 is 1.21. The summed E-state index contributed by atoms with van der Waals surface area (Å²) in [6, 6.07) is -13.0. The largest absolute Gasteiger partial charge is 0.481 e. The number of carbonyl (C=O) groups is 13. The van der Waals surface area contributed by atoms with Crippen LogP contribution in [0.15, 0.2) is 0 Å². The number of carboxylic acid groups (broad SMARTS) is 5. The van der Waals surface area contributed by atoms with Crippen LogP contribution in [0.25, 0.3) is 0 Å². The standard InChI is InChI=1S/C39H63N9O18S/c1-17(2)14-23(46-38(64)31(18(3)4)48-32(58)19(40)6-10-27(50)51)36(62)43-20(7-9-26(41)49)33(59)44-22(12-13-67-5)35(61)42-21(8-11-28(52)53)34(60)45-24(15-29(54)55)37(63)47-25(39(65)66)16-30(56)57/h17-25,31H,6-16,40H2,1-5H3,(H2,41,49)(H,42,61)(H,43,62)(H,44,59)(H,45,60)(H,46,64)(H,47,63)(H,48,58)(H,50,51)(H,52,53)(H,54,55)(H,56,57)(H,65,66)/t19-,20-,21-,22-,23-,24-,25-,31-/m0/s1. The number of nitrogens with one attached hydrogen (secondary N) is 7. The molecule has 0 saturated carbocycles. The first kappa shape index (κ1) is 60.4. The van der Waals surface area contributed by atoms with Crippen molar-refractivity contribution in [2.75, 3.05) is 12.0 Å². The lowest BCUT2D eigenvalue weighted by atomic mass is 9.99. The first-order valence-corrected chi connectivity index (χ1v) is 22.2. The summed E-state index contributed by atoms with van der Waals surface area (Å²) in [5.74, 6) is -16.9. The van der Waals surface area contributed by atoms with Gasteiger partial charge in [0.15, 0.2) is 0 Å². The number of aliphatic carboxylic acids is 5. The first-order chi connectivity index (χ1) is 31.1. The van der Waals surface area contributed by atoms with Crippen molar-refractivity contribution in [3.8, 4) is 0 Å². The molecule has 0 aliphatic rings. The van der Waals surface area contributed by atoms with Crippen LogP contribution >= 0.6 is 11.8 Å². The molecule has 0 spiro atoms. The van der Waals surface area contributed by atoms with Crippen molar-refractivity contribution in [1.29, 1.82) is 0 Å². The van der Waals surface area contributed by atoms with Gasteiger partial charge in [-0.1, -0.05) is 27.7 Å². The van der Waals surface area contributed by atoms with Crippen LogP contribution in [0.2, 0.25) is 0 Å². The minimum atomic E-state index is -2.07. The summed E-state index contributed by atoms with van der Waals surface area (Å²) in [4.78, 5) is 163. The molecule has 0 unspecified atom stereocenters. The van der Waals surface area contributed by atoms with Crippen LogP contribution in [0, 0.1) is 11.8 Å². The summed E-state index contributed by atoms with van der Waals surface area (Å²) in [5, 5.41) is 61.9. The predicted octanol–water partition coefficient (Wildman–Crippen LogP) is -3.81. The molecule has 0 aromatic rings. The molecule has 28 heteroatoms. The minimum Gasteiger partial charge on any atom is -0.481 e. The average Bonchev–Trinajstić information content (AvgIpc) is 3.21. The van der Waals surface area contributed by atoms with E-state index in [1.165, 1.54) is 11.8 Å².